The monoisotopic (exact) mass is 369 g/mol. The first-order chi connectivity index (χ1) is 12.1. The fourth-order valence-corrected chi connectivity index (χ4v) is 2.10. The predicted octanol–water partition coefficient (Wildman–Crippen LogP) is 4.16. The molecule has 0 aliphatic carbocycles. The third kappa shape index (κ3) is 4.21. The number of ether oxygens (including phenoxy) is 1. The summed E-state index contributed by atoms with van der Waals surface area (Å²) in [5.74, 6) is 0.291. The van der Waals surface area contributed by atoms with Crippen LogP contribution in [0.25, 0.3) is 0 Å². The van der Waals surface area contributed by atoms with E-state index in [9.17, 15) is 28.4 Å². The van der Waals surface area contributed by atoms with Crippen LogP contribution in [0.3, 0.4) is 0 Å². The van der Waals surface area contributed by atoms with Crippen molar-refractivity contribution in [2.75, 3.05) is 12.5 Å². The quantitative estimate of drug-likeness (QED) is 0.468. The van der Waals surface area contributed by atoms with E-state index in [1.54, 1.807) is 6.07 Å². The number of nitro benzene ring substituents is 1. The first-order valence-corrected chi connectivity index (χ1v) is 7.16. The molecular weight excluding hydrogens is 355 g/mol. The van der Waals surface area contributed by atoms with Gasteiger partial charge in [-0.25, -0.2) is 0 Å². The summed E-state index contributed by atoms with van der Waals surface area (Å²) in [4.78, 5) is 10.1. The molecule has 2 aromatic rings. The molecule has 0 unspecified atom stereocenters. The number of benzene rings is 2. The van der Waals surface area contributed by atoms with Crippen LogP contribution >= 0.6 is 0 Å². The molecule has 0 saturated heterocycles. The lowest BCUT2D eigenvalue weighted by atomic mass is 10.1. The summed E-state index contributed by atoms with van der Waals surface area (Å²) in [5.41, 5.74) is 0.837. The lowest BCUT2D eigenvalue weighted by molar-refractivity contribution is -0.384. The Kier molecular flexibility index (Phi) is 5.34. The van der Waals surface area contributed by atoms with E-state index < -0.39 is 22.4 Å². The lowest BCUT2D eigenvalue weighted by Gasteiger charge is -2.10. The number of halogens is 3. The Bertz CT molecular complexity index is 866. The number of nitro groups is 1. The summed E-state index contributed by atoms with van der Waals surface area (Å²) in [6, 6.07) is 6.52. The van der Waals surface area contributed by atoms with Gasteiger partial charge in [0.25, 0.3) is 5.69 Å². The number of phenols is 1. The van der Waals surface area contributed by atoms with Crippen LogP contribution in [0, 0.1) is 10.1 Å². The highest BCUT2D eigenvalue weighted by Gasteiger charge is 2.33. The first kappa shape index (κ1) is 19.0. The van der Waals surface area contributed by atoms with Crippen LogP contribution in [0.1, 0.15) is 18.1 Å². The van der Waals surface area contributed by atoms with Crippen molar-refractivity contribution in [3.8, 4) is 11.5 Å². The second kappa shape index (κ2) is 7.30. The van der Waals surface area contributed by atoms with Crippen molar-refractivity contribution in [3.63, 3.8) is 0 Å². The van der Waals surface area contributed by atoms with E-state index in [1.165, 1.54) is 26.2 Å². The maximum absolute atomic E-state index is 12.7. The number of alkyl halides is 3. The second-order valence-electron chi connectivity index (χ2n) is 5.18. The summed E-state index contributed by atoms with van der Waals surface area (Å²) in [7, 11) is 1.43. The van der Waals surface area contributed by atoms with Crippen LogP contribution in [-0.2, 0) is 6.18 Å². The normalized spacial score (nSPS) is 12.0. The minimum atomic E-state index is -4.70. The van der Waals surface area contributed by atoms with Gasteiger partial charge in [-0.2, -0.15) is 18.3 Å². The molecule has 0 atom stereocenters. The van der Waals surface area contributed by atoms with Crippen LogP contribution in [-0.4, -0.2) is 22.9 Å². The zero-order chi connectivity index (χ0) is 19.5. The fraction of sp³-hybridized carbons (Fsp3) is 0.188. The molecule has 138 valence electrons. The first-order valence-electron chi connectivity index (χ1n) is 7.16. The molecule has 2 aromatic carbocycles. The number of hydrogen-bond acceptors (Lipinski definition) is 6. The van der Waals surface area contributed by atoms with Crippen molar-refractivity contribution < 1.29 is 27.9 Å². The van der Waals surface area contributed by atoms with Crippen LogP contribution < -0.4 is 10.2 Å². The third-order valence-electron chi connectivity index (χ3n) is 3.46. The SMILES string of the molecule is COc1ccc(/C(C)=N/Nc2ccc(C(F)(F)F)cc2[N+](=O)[O-])c(O)c1. The highest BCUT2D eigenvalue weighted by Crippen LogP contribution is 2.35. The number of aromatic hydroxyl groups is 1. The number of nitrogens with one attached hydrogen (secondary N) is 1. The molecule has 2 N–H and O–H groups in total. The average Bonchev–Trinajstić information content (AvgIpc) is 2.58. The molecule has 7 nitrogen and oxygen atoms in total. The zero-order valence-corrected chi connectivity index (χ0v) is 13.7. The standard InChI is InChI=1S/C16H14F3N3O4/c1-9(12-5-4-11(26-2)8-15(12)23)20-21-13-6-3-10(16(17,18)19)7-14(13)22(24)25/h3-8,21,23H,1-2H3/b20-9+. The summed E-state index contributed by atoms with van der Waals surface area (Å²) < 4.78 is 43.0. The van der Waals surface area contributed by atoms with Crippen molar-refractivity contribution in [1.82, 2.24) is 0 Å². The lowest BCUT2D eigenvalue weighted by Crippen LogP contribution is -2.07. The maximum Gasteiger partial charge on any atom is 0.416 e. The Hall–Kier alpha value is -3.30. The molecule has 0 spiro atoms. The van der Waals surface area contributed by atoms with Gasteiger partial charge < -0.3 is 9.84 Å². The third-order valence-corrected chi connectivity index (χ3v) is 3.46. The highest BCUT2D eigenvalue weighted by molar-refractivity contribution is 6.01. The Morgan fingerprint density at radius 1 is 1.27 bits per heavy atom. The fourth-order valence-electron chi connectivity index (χ4n) is 2.10. The topological polar surface area (TPSA) is 97.0 Å². The average molecular weight is 369 g/mol. The van der Waals surface area contributed by atoms with E-state index in [1.807, 2.05) is 0 Å². The summed E-state index contributed by atoms with van der Waals surface area (Å²) in [5, 5.41) is 24.9. The summed E-state index contributed by atoms with van der Waals surface area (Å²) >= 11 is 0. The zero-order valence-electron chi connectivity index (χ0n) is 13.7. The molecule has 0 aromatic heterocycles. The summed E-state index contributed by atoms with van der Waals surface area (Å²) in [6.07, 6.45) is -4.70. The number of phenolic OH excluding ortho intramolecular Hbond substituents is 1. The molecule has 0 saturated carbocycles. The van der Waals surface area contributed by atoms with Gasteiger partial charge in [-0.1, -0.05) is 0 Å². The van der Waals surface area contributed by atoms with E-state index in [0.717, 1.165) is 6.07 Å². The van der Waals surface area contributed by atoms with Crippen molar-refractivity contribution in [2.45, 2.75) is 13.1 Å². The number of rotatable bonds is 5. The molecule has 0 radical (unpaired) electrons. The van der Waals surface area contributed by atoms with Crippen molar-refractivity contribution >= 4 is 17.1 Å². The number of hydrazone groups is 1. The Labute approximate surface area is 145 Å². The van der Waals surface area contributed by atoms with Crippen molar-refractivity contribution in [2.24, 2.45) is 5.10 Å². The molecule has 10 heteroatoms. The van der Waals surface area contributed by atoms with Gasteiger partial charge in [0.15, 0.2) is 0 Å². The van der Waals surface area contributed by atoms with E-state index in [0.29, 0.717) is 23.4 Å². The number of anilines is 1. The largest absolute Gasteiger partial charge is 0.507 e. The Balaban J connectivity index is 2.33. The predicted molar refractivity (Wildman–Crippen MR) is 88.6 cm³/mol. The Morgan fingerprint density at radius 3 is 2.50 bits per heavy atom. The van der Waals surface area contributed by atoms with Gasteiger partial charge in [-0.3, -0.25) is 15.5 Å². The smallest absolute Gasteiger partial charge is 0.416 e. The number of methoxy groups -OCH3 is 1. The van der Waals surface area contributed by atoms with E-state index >= 15 is 0 Å². The van der Waals surface area contributed by atoms with E-state index in [2.05, 4.69) is 10.5 Å². The molecule has 0 bridgehead atoms. The van der Waals surface area contributed by atoms with Crippen LogP contribution in [0.2, 0.25) is 0 Å². The number of hydrogen-bond donors (Lipinski definition) is 2. The minimum Gasteiger partial charge on any atom is -0.507 e. The molecule has 0 heterocycles. The van der Waals surface area contributed by atoms with Gasteiger partial charge in [0.05, 0.1) is 23.3 Å². The van der Waals surface area contributed by atoms with Crippen LogP contribution in [0.4, 0.5) is 24.5 Å². The molecule has 0 aliphatic heterocycles. The summed E-state index contributed by atoms with van der Waals surface area (Å²) in [6.45, 7) is 1.52. The van der Waals surface area contributed by atoms with E-state index in [-0.39, 0.29) is 17.1 Å². The molecule has 26 heavy (non-hydrogen) atoms. The van der Waals surface area contributed by atoms with Gasteiger partial charge in [0.1, 0.15) is 17.2 Å². The maximum atomic E-state index is 12.7. The molecule has 0 fully saturated rings. The highest BCUT2D eigenvalue weighted by atomic mass is 19.4. The molecule has 0 amide bonds. The molecular formula is C16H14F3N3O4. The van der Waals surface area contributed by atoms with Gasteiger partial charge in [-0.15, -0.1) is 0 Å². The Morgan fingerprint density at radius 2 is 1.96 bits per heavy atom. The van der Waals surface area contributed by atoms with Gasteiger partial charge in [0.2, 0.25) is 0 Å². The van der Waals surface area contributed by atoms with Gasteiger partial charge in [-0.05, 0) is 31.2 Å². The molecule has 2 rings (SSSR count). The minimum absolute atomic E-state index is 0.130. The van der Waals surface area contributed by atoms with Gasteiger partial charge >= 0.3 is 6.18 Å². The van der Waals surface area contributed by atoms with Crippen LogP contribution in [0.15, 0.2) is 41.5 Å². The molecule has 0 aliphatic rings. The number of nitrogens with zero attached hydrogens (tertiary/aromatic N) is 2. The van der Waals surface area contributed by atoms with Crippen molar-refractivity contribution in [3.05, 3.63) is 57.6 Å². The second-order valence-corrected chi connectivity index (χ2v) is 5.18. The van der Waals surface area contributed by atoms with Crippen molar-refractivity contribution in [1.29, 1.82) is 0 Å². The van der Waals surface area contributed by atoms with Crippen LogP contribution in [0.5, 0.6) is 11.5 Å². The van der Waals surface area contributed by atoms with Gasteiger partial charge in [0, 0.05) is 17.7 Å². The van der Waals surface area contributed by atoms with E-state index in [4.69, 9.17) is 4.74 Å².